The zero-order chi connectivity index (χ0) is 15.1. The number of rotatable bonds is 7. The first kappa shape index (κ1) is 15.5. The van der Waals surface area contributed by atoms with Gasteiger partial charge in [-0.1, -0.05) is 18.2 Å². The van der Waals surface area contributed by atoms with Gasteiger partial charge in [-0.15, -0.1) is 0 Å². The Bertz CT molecular complexity index is 570. The van der Waals surface area contributed by atoms with Gasteiger partial charge >= 0.3 is 0 Å². The summed E-state index contributed by atoms with van der Waals surface area (Å²) in [6.07, 6.45) is 0. The van der Waals surface area contributed by atoms with E-state index in [2.05, 4.69) is 5.32 Å². The van der Waals surface area contributed by atoms with Gasteiger partial charge in [0.05, 0.1) is 6.61 Å². The van der Waals surface area contributed by atoms with Gasteiger partial charge in [0.2, 0.25) is 0 Å². The molecule has 21 heavy (non-hydrogen) atoms. The zero-order valence-corrected chi connectivity index (χ0v) is 12.4. The van der Waals surface area contributed by atoms with Crippen LogP contribution in [0.3, 0.4) is 0 Å². The first-order valence-corrected chi connectivity index (χ1v) is 6.91. The molecule has 0 saturated carbocycles. The van der Waals surface area contributed by atoms with Crippen molar-refractivity contribution in [3.05, 3.63) is 59.4 Å². The molecule has 0 unspecified atom stereocenters. The van der Waals surface area contributed by atoms with Crippen LogP contribution in [0.5, 0.6) is 11.5 Å². The third kappa shape index (κ3) is 4.85. The van der Waals surface area contributed by atoms with Gasteiger partial charge in [0, 0.05) is 20.2 Å². The van der Waals surface area contributed by atoms with E-state index < -0.39 is 0 Å². The third-order valence-electron chi connectivity index (χ3n) is 3.05. The van der Waals surface area contributed by atoms with E-state index in [0.29, 0.717) is 12.4 Å². The highest BCUT2D eigenvalue weighted by Crippen LogP contribution is 2.25. The van der Waals surface area contributed by atoms with E-state index in [-0.39, 0.29) is 11.6 Å². The molecule has 112 valence electrons. The van der Waals surface area contributed by atoms with Crippen LogP contribution in [-0.4, -0.2) is 20.3 Å². The fourth-order valence-corrected chi connectivity index (χ4v) is 1.90. The molecule has 0 fully saturated rings. The monoisotopic (exact) mass is 289 g/mol. The smallest absolute Gasteiger partial charge is 0.165 e. The largest absolute Gasteiger partial charge is 0.454 e. The van der Waals surface area contributed by atoms with Crippen LogP contribution in [0.2, 0.25) is 0 Å². The van der Waals surface area contributed by atoms with Crippen molar-refractivity contribution in [2.75, 3.05) is 20.3 Å². The van der Waals surface area contributed by atoms with E-state index in [1.165, 1.54) is 6.07 Å². The van der Waals surface area contributed by atoms with Crippen LogP contribution >= 0.6 is 0 Å². The van der Waals surface area contributed by atoms with Crippen LogP contribution in [0.1, 0.15) is 11.1 Å². The van der Waals surface area contributed by atoms with Gasteiger partial charge in [0.15, 0.2) is 11.6 Å². The average molecular weight is 289 g/mol. The van der Waals surface area contributed by atoms with E-state index in [4.69, 9.17) is 9.47 Å². The first-order chi connectivity index (χ1) is 10.2. The second-order valence-corrected chi connectivity index (χ2v) is 4.85. The van der Waals surface area contributed by atoms with E-state index in [0.717, 1.165) is 24.2 Å². The maximum Gasteiger partial charge on any atom is 0.165 e. The molecular formula is C17H20FNO2. The summed E-state index contributed by atoms with van der Waals surface area (Å²) in [6.45, 7) is 4.17. The van der Waals surface area contributed by atoms with Crippen LogP contribution in [-0.2, 0) is 11.3 Å². The van der Waals surface area contributed by atoms with Gasteiger partial charge in [-0.25, -0.2) is 4.39 Å². The summed E-state index contributed by atoms with van der Waals surface area (Å²) in [5, 5.41) is 3.26. The summed E-state index contributed by atoms with van der Waals surface area (Å²) in [4.78, 5) is 0. The molecule has 2 aromatic carbocycles. The fraction of sp³-hybridized carbons (Fsp3) is 0.294. The summed E-state index contributed by atoms with van der Waals surface area (Å²) in [7, 11) is 1.68. The predicted octanol–water partition coefficient (Wildman–Crippen LogP) is 3.66. The van der Waals surface area contributed by atoms with Gasteiger partial charge in [-0.2, -0.15) is 0 Å². The molecule has 0 aliphatic rings. The maximum absolute atomic E-state index is 13.6. The summed E-state index contributed by atoms with van der Waals surface area (Å²) >= 11 is 0. The molecule has 3 nitrogen and oxygen atoms in total. The minimum atomic E-state index is -0.356. The molecule has 2 aromatic rings. The number of nitrogens with one attached hydrogen (secondary N) is 1. The summed E-state index contributed by atoms with van der Waals surface area (Å²) in [5.74, 6) is 0.520. The zero-order valence-electron chi connectivity index (χ0n) is 12.4. The van der Waals surface area contributed by atoms with Crippen molar-refractivity contribution >= 4 is 0 Å². The van der Waals surface area contributed by atoms with Gasteiger partial charge in [0.1, 0.15) is 5.75 Å². The highest BCUT2D eigenvalue weighted by atomic mass is 19.1. The number of hydrogen-bond donors (Lipinski definition) is 1. The van der Waals surface area contributed by atoms with Crippen molar-refractivity contribution in [2.24, 2.45) is 0 Å². The highest BCUT2D eigenvalue weighted by molar-refractivity contribution is 5.35. The number of halogens is 1. The average Bonchev–Trinajstić information content (AvgIpc) is 2.49. The Kier molecular flexibility index (Phi) is 5.72. The summed E-state index contributed by atoms with van der Waals surface area (Å²) < 4.78 is 24.2. The van der Waals surface area contributed by atoms with Gasteiger partial charge < -0.3 is 14.8 Å². The molecular weight excluding hydrogens is 269 g/mol. The molecule has 4 heteroatoms. The molecule has 0 amide bonds. The fourth-order valence-electron chi connectivity index (χ4n) is 1.90. The lowest BCUT2D eigenvalue weighted by atomic mass is 10.2. The molecule has 0 atom stereocenters. The van der Waals surface area contributed by atoms with Crippen LogP contribution in [0.4, 0.5) is 4.39 Å². The summed E-state index contributed by atoms with van der Waals surface area (Å²) in [5.41, 5.74) is 2.11. The van der Waals surface area contributed by atoms with Crippen LogP contribution in [0, 0.1) is 12.7 Å². The first-order valence-electron chi connectivity index (χ1n) is 6.91. The lowest BCUT2D eigenvalue weighted by Crippen LogP contribution is -2.18. The predicted molar refractivity (Wildman–Crippen MR) is 81.2 cm³/mol. The molecule has 0 radical (unpaired) electrons. The maximum atomic E-state index is 13.6. The van der Waals surface area contributed by atoms with E-state index in [1.807, 2.05) is 31.2 Å². The third-order valence-corrected chi connectivity index (χ3v) is 3.05. The van der Waals surface area contributed by atoms with Crippen LogP contribution in [0.15, 0.2) is 42.5 Å². The highest BCUT2D eigenvalue weighted by Gasteiger charge is 2.05. The van der Waals surface area contributed by atoms with Crippen molar-refractivity contribution in [3.8, 4) is 11.5 Å². The Balaban J connectivity index is 1.94. The molecule has 0 saturated heterocycles. The SMILES string of the molecule is COCCNCc1ccc(Oc2cc(C)ccc2F)cc1. The number of aryl methyl sites for hydroxylation is 1. The molecule has 0 spiro atoms. The Labute approximate surface area is 124 Å². The van der Waals surface area contributed by atoms with E-state index in [9.17, 15) is 4.39 Å². The van der Waals surface area contributed by atoms with E-state index >= 15 is 0 Å². The minimum Gasteiger partial charge on any atom is -0.454 e. The molecule has 0 aliphatic heterocycles. The number of methoxy groups -OCH3 is 1. The number of benzene rings is 2. The van der Waals surface area contributed by atoms with Crippen LogP contribution < -0.4 is 10.1 Å². The van der Waals surface area contributed by atoms with Crippen LogP contribution in [0.25, 0.3) is 0 Å². The molecule has 0 bridgehead atoms. The number of hydrogen-bond acceptors (Lipinski definition) is 3. The second kappa shape index (κ2) is 7.76. The van der Waals surface area contributed by atoms with Crippen molar-refractivity contribution in [3.63, 3.8) is 0 Å². The van der Waals surface area contributed by atoms with Crippen molar-refractivity contribution in [1.82, 2.24) is 5.32 Å². The van der Waals surface area contributed by atoms with Crippen molar-refractivity contribution in [2.45, 2.75) is 13.5 Å². The molecule has 0 aliphatic carbocycles. The lowest BCUT2D eigenvalue weighted by Gasteiger charge is -2.09. The Hall–Kier alpha value is -1.91. The topological polar surface area (TPSA) is 30.5 Å². The Morgan fingerprint density at radius 2 is 1.86 bits per heavy atom. The van der Waals surface area contributed by atoms with Gasteiger partial charge in [-0.3, -0.25) is 0 Å². The Morgan fingerprint density at radius 3 is 2.57 bits per heavy atom. The van der Waals surface area contributed by atoms with Crippen molar-refractivity contribution < 1.29 is 13.9 Å². The molecule has 2 rings (SSSR count). The lowest BCUT2D eigenvalue weighted by molar-refractivity contribution is 0.199. The van der Waals surface area contributed by atoms with E-state index in [1.54, 1.807) is 19.2 Å². The summed E-state index contributed by atoms with van der Waals surface area (Å²) in [6, 6.07) is 12.4. The van der Waals surface area contributed by atoms with Gasteiger partial charge in [0.25, 0.3) is 0 Å². The standard InChI is InChI=1S/C17H20FNO2/c1-13-3-8-16(18)17(11-13)21-15-6-4-14(5-7-15)12-19-9-10-20-2/h3-8,11,19H,9-10,12H2,1-2H3. The minimum absolute atomic E-state index is 0.251. The normalized spacial score (nSPS) is 10.6. The molecule has 0 aromatic heterocycles. The molecule has 1 N–H and O–H groups in total. The Morgan fingerprint density at radius 1 is 1.10 bits per heavy atom. The van der Waals surface area contributed by atoms with Gasteiger partial charge in [-0.05, 0) is 42.3 Å². The van der Waals surface area contributed by atoms with Crippen molar-refractivity contribution in [1.29, 1.82) is 0 Å². The molecule has 0 heterocycles. The number of ether oxygens (including phenoxy) is 2. The quantitative estimate of drug-likeness (QED) is 0.789. The second-order valence-electron chi connectivity index (χ2n) is 4.85.